The van der Waals surface area contributed by atoms with E-state index in [1.165, 1.54) is 12.1 Å². The Kier molecular flexibility index (Phi) is 4.68. The second-order valence-electron chi connectivity index (χ2n) is 5.75. The Hall–Kier alpha value is -2.25. The van der Waals surface area contributed by atoms with Gasteiger partial charge < -0.3 is 9.52 Å². The summed E-state index contributed by atoms with van der Waals surface area (Å²) in [5.41, 5.74) is 1.55. The number of aliphatic hydroxyl groups excluding tert-OH is 1. The average molecular weight is 317 g/mol. The third-order valence-electron chi connectivity index (χ3n) is 4.20. The van der Waals surface area contributed by atoms with E-state index in [4.69, 9.17) is 4.42 Å². The first-order valence-electron chi connectivity index (χ1n) is 7.71. The lowest BCUT2D eigenvalue weighted by molar-refractivity contribution is -0.384. The van der Waals surface area contributed by atoms with Crippen LogP contribution < -0.4 is 0 Å². The number of benzene rings is 1. The molecule has 0 saturated carbocycles. The summed E-state index contributed by atoms with van der Waals surface area (Å²) in [4.78, 5) is 16.9. The Morgan fingerprint density at radius 3 is 2.83 bits per heavy atom. The van der Waals surface area contributed by atoms with Crippen molar-refractivity contribution in [3.8, 4) is 11.5 Å². The van der Waals surface area contributed by atoms with Gasteiger partial charge in [0, 0.05) is 30.3 Å². The second-order valence-corrected chi connectivity index (χ2v) is 5.75. The van der Waals surface area contributed by atoms with Crippen molar-refractivity contribution in [1.29, 1.82) is 0 Å². The molecule has 0 amide bonds. The van der Waals surface area contributed by atoms with E-state index >= 15 is 0 Å². The van der Waals surface area contributed by atoms with Crippen LogP contribution in [0.1, 0.15) is 25.0 Å². The van der Waals surface area contributed by atoms with Gasteiger partial charge in [0.2, 0.25) is 5.89 Å². The summed E-state index contributed by atoms with van der Waals surface area (Å²) >= 11 is 0. The minimum atomic E-state index is -0.434. The van der Waals surface area contributed by atoms with Gasteiger partial charge in [-0.2, -0.15) is 0 Å². The number of oxazole rings is 1. The largest absolute Gasteiger partial charge is 0.444 e. The van der Waals surface area contributed by atoms with Crippen molar-refractivity contribution in [3.05, 3.63) is 46.3 Å². The van der Waals surface area contributed by atoms with Crippen LogP contribution in [0.3, 0.4) is 0 Å². The van der Waals surface area contributed by atoms with E-state index in [1.807, 2.05) is 0 Å². The molecule has 1 aromatic heterocycles. The van der Waals surface area contributed by atoms with Crippen LogP contribution in [-0.2, 0) is 6.54 Å². The summed E-state index contributed by atoms with van der Waals surface area (Å²) in [6, 6.07) is 6.32. The zero-order valence-corrected chi connectivity index (χ0v) is 12.7. The highest BCUT2D eigenvalue weighted by Crippen LogP contribution is 2.24. The standard InChI is InChI=1S/C16H19N3O4/c20-10-15-3-1-2-8-18(15)9-13-11-23-16(17-13)12-4-6-14(7-5-12)19(21)22/h4-7,11,15,20H,1-3,8-10H2. The van der Waals surface area contributed by atoms with Gasteiger partial charge in [-0.1, -0.05) is 6.42 Å². The van der Waals surface area contributed by atoms with Crippen molar-refractivity contribution in [3.63, 3.8) is 0 Å². The molecule has 0 bridgehead atoms. The summed E-state index contributed by atoms with van der Waals surface area (Å²) in [5.74, 6) is 0.451. The van der Waals surface area contributed by atoms with Crippen LogP contribution in [-0.4, -0.2) is 39.1 Å². The van der Waals surface area contributed by atoms with Crippen LogP contribution in [0.2, 0.25) is 0 Å². The number of likely N-dealkylation sites (tertiary alicyclic amines) is 1. The van der Waals surface area contributed by atoms with Crippen LogP contribution >= 0.6 is 0 Å². The normalized spacial score (nSPS) is 18.9. The van der Waals surface area contributed by atoms with E-state index in [1.54, 1.807) is 18.4 Å². The van der Waals surface area contributed by atoms with Gasteiger partial charge in [0.15, 0.2) is 0 Å². The maximum absolute atomic E-state index is 10.7. The lowest BCUT2D eigenvalue weighted by Crippen LogP contribution is -2.41. The molecule has 1 aliphatic heterocycles. The van der Waals surface area contributed by atoms with E-state index in [0.717, 1.165) is 31.5 Å². The summed E-state index contributed by atoms with van der Waals surface area (Å²) in [6.45, 7) is 1.75. The van der Waals surface area contributed by atoms with Crippen molar-refractivity contribution in [2.75, 3.05) is 13.2 Å². The molecule has 2 heterocycles. The number of hydrogen-bond acceptors (Lipinski definition) is 6. The first-order valence-corrected chi connectivity index (χ1v) is 7.71. The Morgan fingerprint density at radius 2 is 2.13 bits per heavy atom. The summed E-state index contributed by atoms with van der Waals surface area (Å²) < 4.78 is 5.49. The fourth-order valence-electron chi connectivity index (χ4n) is 2.92. The number of non-ortho nitro benzene ring substituents is 1. The highest BCUT2D eigenvalue weighted by Gasteiger charge is 2.22. The van der Waals surface area contributed by atoms with Gasteiger partial charge in [-0.25, -0.2) is 4.98 Å². The maximum Gasteiger partial charge on any atom is 0.269 e. The molecule has 7 nitrogen and oxygen atoms in total. The molecule has 7 heteroatoms. The smallest absolute Gasteiger partial charge is 0.269 e. The van der Waals surface area contributed by atoms with E-state index in [2.05, 4.69) is 9.88 Å². The number of nitro groups is 1. The number of aliphatic hydroxyl groups is 1. The van der Waals surface area contributed by atoms with Crippen molar-refractivity contribution in [2.45, 2.75) is 31.8 Å². The fourth-order valence-corrected chi connectivity index (χ4v) is 2.92. The number of rotatable bonds is 5. The van der Waals surface area contributed by atoms with E-state index < -0.39 is 4.92 Å². The van der Waals surface area contributed by atoms with Crippen LogP contribution in [0.4, 0.5) is 5.69 Å². The first-order chi connectivity index (χ1) is 11.2. The van der Waals surface area contributed by atoms with Gasteiger partial charge in [0.05, 0.1) is 17.2 Å². The number of nitro benzene ring substituents is 1. The van der Waals surface area contributed by atoms with Crippen molar-refractivity contribution < 1.29 is 14.4 Å². The predicted octanol–water partition coefficient (Wildman–Crippen LogP) is 2.60. The maximum atomic E-state index is 10.7. The minimum absolute atomic E-state index is 0.0413. The molecule has 122 valence electrons. The Labute approximate surface area is 133 Å². The Balaban J connectivity index is 1.71. The van der Waals surface area contributed by atoms with Crippen molar-refractivity contribution in [1.82, 2.24) is 9.88 Å². The molecule has 23 heavy (non-hydrogen) atoms. The molecule has 1 unspecified atom stereocenters. The van der Waals surface area contributed by atoms with Crippen LogP contribution in [0.5, 0.6) is 0 Å². The molecule has 1 atom stereocenters. The minimum Gasteiger partial charge on any atom is -0.444 e. The highest BCUT2D eigenvalue weighted by molar-refractivity contribution is 5.55. The van der Waals surface area contributed by atoms with E-state index in [9.17, 15) is 15.2 Å². The number of hydrogen-bond donors (Lipinski definition) is 1. The van der Waals surface area contributed by atoms with E-state index in [-0.39, 0.29) is 18.3 Å². The topological polar surface area (TPSA) is 92.6 Å². The summed E-state index contributed by atoms with van der Waals surface area (Å²) in [7, 11) is 0. The van der Waals surface area contributed by atoms with Gasteiger partial charge in [0.1, 0.15) is 6.26 Å². The van der Waals surface area contributed by atoms with Crippen molar-refractivity contribution >= 4 is 5.69 Å². The number of aromatic nitrogens is 1. The highest BCUT2D eigenvalue weighted by atomic mass is 16.6. The molecule has 1 N–H and O–H groups in total. The fraction of sp³-hybridized carbons (Fsp3) is 0.438. The monoisotopic (exact) mass is 317 g/mol. The molecule has 0 radical (unpaired) electrons. The first kappa shape index (κ1) is 15.6. The quantitative estimate of drug-likeness (QED) is 0.673. The molecular formula is C16H19N3O4. The van der Waals surface area contributed by atoms with Crippen molar-refractivity contribution in [2.24, 2.45) is 0 Å². The molecule has 1 fully saturated rings. The lowest BCUT2D eigenvalue weighted by Gasteiger charge is -2.33. The average Bonchev–Trinajstić information content (AvgIpc) is 3.04. The van der Waals surface area contributed by atoms with Gasteiger partial charge in [0.25, 0.3) is 5.69 Å². The molecule has 1 saturated heterocycles. The molecule has 0 aliphatic carbocycles. The second kappa shape index (κ2) is 6.89. The lowest BCUT2D eigenvalue weighted by atomic mass is 10.0. The molecule has 1 aromatic carbocycles. The number of piperidine rings is 1. The van der Waals surface area contributed by atoms with Crippen LogP contribution in [0.15, 0.2) is 34.9 Å². The summed E-state index contributed by atoms with van der Waals surface area (Å²) in [6.07, 6.45) is 4.89. The molecular weight excluding hydrogens is 298 g/mol. The summed E-state index contributed by atoms with van der Waals surface area (Å²) in [5, 5.41) is 20.1. The molecule has 2 aromatic rings. The molecule has 3 rings (SSSR count). The Bertz CT molecular complexity index is 668. The van der Waals surface area contributed by atoms with Gasteiger partial charge >= 0.3 is 0 Å². The third-order valence-corrected chi connectivity index (χ3v) is 4.20. The van der Waals surface area contributed by atoms with Crippen LogP contribution in [0, 0.1) is 10.1 Å². The van der Waals surface area contributed by atoms with Gasteiger partial charge in [-0.05, 0) is 31.5 Å². The third kappa shape index (κ3) is 3.57. The SMILES string of the molecule is O=[N+]([O-])c1ccc(-c2nc(CN3CCCCC3CO)co2)cc1. The van der Waals surface area contributed by atoms with E-state index in [0.29, 0.717) is 18.0 Å². The Morgan fingerprint density at radius 1 is 1.35 bits per heavy atom. The molecule has 0 spiro atoms. The predicted molar refractivity (Wildman–Crippen MR) is 83.7 cm³/mol. The van der Waals surface area contributed by atoms with Crippen LogP contribution in [0.25, 0.3) is 11.5 Å². The molecule has 1 aliphatic rings. The van der Waals surface area contributed by atoms with Gasteiger partial charge in [-0.15, -0.1) is 0 Å². The number of nitrogens with zero attached hydrogens (tertiary/aromatic N) is 3. The zero-order valence-electron chi connectivity index (χ0n) is 12.7. The zero-order chi connectivity index (χ0) is 16.2. The van der Waals surface area contributed by atoms with Gasteiger partial charge in [-0.3, -0.25) is 15.0 Å².